The van der Waals surface area contributed by atoms with E-state index in [4.69, 9.17) is 4.52 Å². The van der Waals surface area contributed by atoms with Gasteiger partial charge in [0.15, 0.2) is 0 Å². The lowest BCUT2D eigenvalue weighted by atomic mass is 10.4. The molecule has 1 atom stereocenters. The molecule has 0 saturated heterocycles. The molecule has 0 N–H and O–H groups in total. The molecule has 1 rings (SSSR count). The van der Waals surface area contributed by atoms with Crippen LogP contribution in [0.2, 0.25) is 0 Å². The first-order valence-electron chi connectivity index (χ1n) is 5.40. The maximum absolute atomic E-state index is 12.5. The number of unbranched alkanes of at least 4 members (excludes halogenated alkanes) is 1. The van der Waals surface area contributed by atoms with Gasteiger partial charge in [-0.15, -0.1) is 5.73 Å². The van der Waals surface area contributed by atoms with E-state index in [0.29, 0.717) is 11.9 Å². The average molecular weight is 236 g/mol. The summed E-state index contributed by atoms with van der Waals surface area (Å²) < 4.78 is 18.0. The molecule has 0 fully saturated rings. The van der Waals surface area contributed by atoms with Crippen molar-refractivity contribution in [3.63, 3.8) is 0 Å². The lowest BCUT2D eigenvalue weighted by molar-refractivity contribution is 0.318. The molecule has 2 nitrogen and oxygen atoms in total. The second-order valence-corrected chi connectivity index (χ2v) is 5.68. The van der Waals surface area contributed by atoms with E-state index in [-0.39, 0.29) is 0 Å². The Labute approximate surface area is 97.1 Å². The van der Waals surface area contributed by atoms with Gasteiger partial charge in [0.05, 0.1) is 6.61 Å². The Morgan fingerprint density at radius 1 is 1.44 bits per heavy atom. The second kappa shape index (κ2) is 6.50. The zero-order valence-corrected chi connectivity index (χ0v) is 10.5. The van der Waals surface area contributed by atoms with Crippen molar-refractivity contribution in [2.45, 2.75) is 19.8 Å². The molecule has 3 heteroatoms. The summed E-state index contributed by atoms with van der Waals surface area (Å²) >= 11 is 0. The van der Waals surface area contributed by atoms with E-state index in [1.807, 2.05) is 18.2 Å². The van der Waals surface area contributed by atoms with Gasteiger partial charge in [0, 0.05) is 11.1 Å². The van der Waals surface area contributed by atoms with E-state index >= 15 is 0 Å². The number of benzene rings is 1. The van der Waals surface area contributed by atoms with E-state index in [2.05, 4.69) is 19.2 Å². The molecule has 0 aliphatic heterocycles. The first-order valence-corrected chi connectivity index (χ1v) is 7.09. The lowest BCUT2D eigenvalue weighted by Crippen LogP contribution is -2.05. The molecule has 1 aromatic rings. The van der Waals surface area contributed by atoms with Crippen molar-refractivity contribution >= 4 is 12.7 Å². The lowest BCUT2D eigenvalue weighted by Gasteiger charge is -2.14. The monoisotopic (exact) mass is 236 g/mol. The number of hydrogen-bond donors (Lipinski definition) is 0. The van der Waals surface area contributed by atoms with E-state index in [9.17, 15) is 4.57 Å². The van der Waals surface area contributed by atoms with Gasteiger partial charge in [0.25, 0.3) is 7.37 Å². The van der Waals surface area contributed by atoms with Crippen LogP contribution in [0.25, 0.3) is 0 Å². The van der Waals surface area contributed by atoms with Crippen LogP contribution in [-0.2, 0) is 9.09 Å². The van der Waals surface area contributed by atoms with Crippen LogP contribution in [0.4, 0.5) is 0 Å². The summed E-state index contributed by atoms with van der Waals surface area (Å²) in [5, 5.41) is 0.697. The first kappa shape index (κ1) is 13.0. The minimum atomic E-state index is -2.90. The highest BCUT2D eigenvalue weighted by Crippen LogP contribution is 2.46. The summed E-state index contributed by atoms with van der Waals surface area (Å²) in [6.07, 6.45) is 1.92. The van der Waals surface area contributed by atoms with Crippen LogP contribution >= 0.6 is 7.37 Å². The molecule has 0 aliphatic carbocycles. The average Bonchev–Trinajstić information content (AvgIpc) is 2.31. The molecular formula is C13H17O2P. The summed E-state index contributed by atoms with van der Waals surface area (Å²) in [5.74, 6) is 1.44. The third-order valence-corrected chi connectivity index (χ3v) is 4.26. The Morgan fingerprint density at radius 3 is 2.69 bits per heavy atom. The molecule has 1 aromatic carbocycles. The van der Waals surface area contributed by atoms with E-state index < -0.39 is 7.37 Å². The summed E-state index contributed by atoms with van der Waals surface area (Å²) in [7, 11) is -2.90. The van der Waals surface area contributed by atoms with Gasteiger partial charge in [0.1, 0.15) is 0 Å². The molecule has 0 amide bonds. The van der Waals surface area contributed by atoms with Crippen molar-refractivity contribution in [1.82, 2.24) is 0 Å². The first-order chi connectivity index (χ1) is 7.73. The van der Waals surface area contributed by atoms with Crippen molar-refractivity contribution in [3.8, 4) is 0 Å². The molecule has 86 valence electrons. The van der Waals surface area contributed by atoms with Crippen molar-refractivity contribution in [3.05, 3.63) is 48.5 Å². The fraction of sp³-hybridized carbons (Fsp3) is 0.308. The minimum Gasteiger partial charge on any atom is -0.322 e. The van der Waals surface area contributed by atoms with E-state index in [1.54, 1.807) is 12.1 Å². The summed E-state index contributed by atoms with van der Waals surface area (Å²) in [4.78, 5) is 0. The van der Waals surface area contributed by atoms with Crippen LogP contribution in [0, 0.1) is 0 Å². The smallest absolute Gasteiger partial charge is 0.261 e. The van der Waals surface area contributed by atoms with E-state index in [1.165, 1.54) is 5.82 Å². The van der Waals surface area contributed by atoms with Crippen LogP contribution in [0.5, 0.6) is 0 Å². The van der Waals surface area contributed by atoms with Crippen molar-refractivity contribution in [1.29, 1.82) is 0 Å². The predicted octanol–water partition coefficient (Wildman–Crippen LogP) is 3.71. The highest BCUT2D eigenvalue weighted by molar-refractivity contribution is 7.70. The third kappa shape index (κ3) is 3.50. The molecular weight excluding hydrogens is 219 g/mol. The SMILES string of the molecule is C=C=CP(=O)(OCCCC)c1ccccc1. The van der Waals surface area contributed by atoms with Gasteiger partial charge in [0.2, 0.25) is 0 Å². The topological polar surface area (TPSA) is 26.3 Å². The minimum absolute atomic E-state index is 0.501. The molecule has 0 radical (unpaired) electrons. The second-order valence-electron chi connectivity index (χ2n) is 3.45. The predicted molar refractivity (Wildman–Crippen MR) is 68.3 cm³/mol. The standard InChI is InChI=1S/C13H17O2P/c1-3-5-11-15-16(14,12-4-2)13-9-7-6-8-10-13/h6-10,12H,2-3,5,11H2,1H3. The van der Waals surface area contributed by atoms with Gasteiger partial charge in [-0.2, -0.15) is 0 Å². The zero-order chi connectivity index (χ0) is 11.9. The summed E-state index contributed by atoms with van der Waals surface area (Å²) in [5.41, 5.74) is 2.57. The highest BCUT2D eigenvalue weighted by Gasteiger charge is 2.21. The van der Waals surface area contributed by atoms with Crippen LogP contribution in [0.15, 0.2) is 48.5 Å². The normalized spacial score (nSPS) is 13.8. The molecule has 0 aliphatic rings. The Bertz CT molecular complexity index is 405. The van der Waals surface area contributed by atoms with Gasteiger partial charge in [-0.05, 0) is 18.6 Å². The van der Waals surface area contributed by atoms with Gasteiger partial charge in [-0.3, -0.25) is 4.57 Å². The molecule has 0 bridgehead atoms. The maximum atomic E-state index is 12.5. The van der Waals surface area contributed by atoms with E-state index in [0.717, 1.165) is 12.8 Å². The largest absolute Gasteiger partial charge is 0.322 e. The molecule has 0 spiro atoms. The Hall–Kier alpha value is -1.07. The molecule has 1 unspecified atom stereocenters. The van der Waals surface area contributed by atoms with Crippen LogP contribution in [-0.4, -0.2) is 6.61 Å². The Morgan fingerprint density at radius 2 is 2.12 bits per heavy atom. The van der Waals surface area contributed by atoms with Crippen molar-refractivity contribution in [2.75, 3.05) is 6.61 Å². The molecule has 0 aromatic heterocycles. The maximum Gasteiger partial charge on any atom is 0.261 e. The van der Waals surface area contributed by atoms with Crippen molar-refractivity contribution < 1.29 is 9.09 Å². The number of hydrogen-bond acceptors (Lipinski definition) is 2. The van der Waals surface area contributed by atoms with Gasteiger partial charge < -0.3 is 4.52 Å². The fourth-order valence-electron chi connectivity index (χ4n) is 1.29. The third-order valence-electron chi connectivity index (χ3n) is 2.16. The molecule has 0 heterocycles. The van der Waals surface area contributed by atoms with Gasteiger partial charge in [-0.1, -0.05) is 38.1 Å². The van der Waals surface area contributed by atoms with Gasteiger partial charge in [-0.25, -0.2) is 0 Å². The Balaban J connectivity index is 2.89. The quantitative estimate of drug-likeness (QED) is 0.427. The van der Waals surface area contributed by atoms with Crippen LogP contribution in [0.3, 0.4) is 0 Å². The van der Waals surface area contributed by atoms with Crippen LogP contribution < -0.4 is 5.30 Å². The highest BCUT2D eigenvalue weighted by atomic mass is 31.2. The molecule has 0 saturated carbocycles. The molecule has 16 heavy (non-hydrogen) atoms. The summed E-state index contributed by atoms with van der Waals surface area (Å²) in [6, 6.07) is 9.20. The van der Waals surface area contributed by atoms with Gasteiger partial charge >= 0.3 is 0 Å². The van der Waals surface area contributed by atoms with Crippen LogP contribution in [0.1, 0.15) is 19.8 Å². The Kier molecular flexibility index (Phi) is 5.28. The van der Waals surface area contributed by atoms with Crippen molar-refractivity contribution in [2.24, 2.45) is 0 Å². The summed E-state index contributed by atoms with van der Waals surface area (Å²) in [6.45, 7) is 6.04. The zero-order valence-electron chi connectivity index (χ0n) is 9.56. The fourth-order valence-corrected chi connectivity index (χ4v) is 2.89. The number of rotatable bonds is 6.